The molecule has 3 aromatic rings. The first kappa shape index (κ1) is 23.8. The Morgan fingerprint density at radius 1 is 0.943 bits per heavy atom. The normalized spacial score (nSPS) is 14.9. The molecule has 1 aliphatic heterocycles. The smallest absolute Gasteiger partial charge is 0.335 e. The van der Waals surface area contributed by atoms with E-state index in [4.69, 9.17) is 4.74 Å². The molecular weight excluding hydrogens is 444 g/mol. The lowest BCUT2D eigenvalue weighted by Crippen LogP contribution is -2.54. The fourth-order valence-corrected chi connectivity index (χ4v) is 4.15. The van der Waals surface area contributed by atoms with Crippen LogP contribution in [0.3, 0.4) is 0 Å². The summed E-state index contributed by atoms with van der Waals surface area (Å²) in [4.78, 5) is 38.8. The van der Waals surface area contributed by atoms with Gasteiger partial charge in [0.05, 0.1) is 12.3 Å². The Morgan fingerprint density at radius 2 is 1.63 bits per heavy atom. The Morgan fingerprint density at radius 3 is 2.29 bits per heavy atom. The minimum atomic E-state index is -0.846. The second-order valence-corrected chi connectivity index (χ2v) is 8.45. The molecule has 1 aliphatic rings. The van der Waals surface area contributed by atoms with Crippen LogP contribution in [0.2, 0.25) is 0 Å². The second kappa shape index (κ2) is 9.85. The van der Waals surface area contributed by atoms with Gasteiger partial charge in [-0.05, 0) is 73.9 Å². The molecule has 35 heavy (non-hydrogen) atoms. The van der Waals surface area contributed by atoms with Gasteiger partial charge in [-0.2, -0.15) is 0 Å². The average Bonchev–Trinajstić information content (AvgIpc) is 2.79. The maximum absolute atomic E-state index is 13.1. The van der Waals surface area contributed by atoms with Crippen molar-refractivity contribution in [1.29, 1.82) is 0 Å². The van der Waals surface area contributed by atoms with Crippen LogP contribution in [0.15, 0.2) is 66.2 Å². The number of carbonyl (C=O) groups is 3. The van der Waals surface area contributed by atoms with E-state index in [-0.39, 0.29) is 17.0 Å². The molecular formula is C28H26N2O5. The third-order valence-corrected chi connectivity index (χ3v) is 5.59. The molecule has 0 aromatic heterocycles. The fourth-order valence-electron chi connectivity index (χ4n) is 4.15. The molecule has 0 radical (unpaired) electrons. The molecule has 2 N–H and O–H groups in total. The van der Waals surface area contributed by atoms with Gasteiger partial charge in [0.25, 0.3) is 11.8 Å². The molecule has 178 valence electrons. The topological polar surface area (TPSA) is 95.9 Å². The minimum absolute atomic E-state index is 0.00479. The van der Waals surface area contributed by atoms with Crippen LogP contribution in [0.25, 0.3) is 6.08 Å². The molecule has 7 heteroatoms. The molecule has 4 amide bonds. The molecule has 3 aromatic carbocycles. The number of aryl methyl sites for hydroxylation is 2. The van der Waals surface area contributed by atoms with E-state index in [1.807, 2.05) is 19.1 Å². The van der Waals surface area contributed by atoms with Gasteiger partial charge in [-0.25, -0.2) is 9.69 Å². The molecule has 7 nitrogen and oxygen atoms in total. The van der Waals surface area contributed by atoms with Gasteiger partial charge in [-0.1, -0.05) is 41.5 Å². The zero-order chi connectivity index (χ0) is 25.1. The Balaban J connectivity index is 1.67. The number of urea groups is 1. The predicted octanol–water partition coefficient (Wildman–Crippen LogP) is 4.66. The molecule has 0 bridgehead atoms. The largest absolute Gasteiger partial charge is 0.508 e. The highest BCUT2D eigenvalue weighted by atomic mass is 16.5. The van der Waals surface area contributed by atoms with Crippen molar-refractivity contribution in [3.8, 4) is 11.5 Å². The van der Waals surface area contributed by atoms with Crippen LogP contribution in [0.4, 0.5) is 10.5 Å². The van der Waals surface area contributed by atoms with E-state index >= 15 is 0 Å². The van der Waals surface area contributed by atoms with Crippen LogP contribution < -0.4 is 15.0 Å². The summed E-state index contributed by atoms with van der Waals surface area (Å²) in [5.41, 5.74) is 5.18. The van der Waals surface area contributed by atoms with Crippen LogP contribution in [0.1, 0.15) is 34.7 Å². The van der Waals surface area contributed by atoms with Gasteiger partial charge in [-0.15, -0.1) is 0 Å². The van der Waals surface area contributed by atoms with Gasteiger partial charge >= 0.3 is 6.03 Å². The minimum Gasteiger partial charge on any atom is -0.508 e. The monoisotopic (exact) mass is 470 g/mol. The van der Waals surface area contributed by atoms with E-state index in [1.165, 1.54) is 47.0 Å². The van der Waals surface area contributed by atoms with Crippen molar-refractivity contribution in [1.82, 2.24) is 5.32 Å². The van der Waals surface area contributed by atoms with Crippen LogP contribution in [-0.2, 0) is 16.0 Å². The van der Waals surface area contributed by atoms with Crippen LogP contribution in [-0.4, -0.2) is 29.6 Å². The lowest BCUT2D eigenvalue weighted by Gasteiger charge is -2.26. The molecule has 0 aliphatic carbocycles. The number of aromatic hydroxyl groups is 1. The number of hydrogen-bond acceptors (Lipinski definition) is 5. The van der Waals surface area contributed by atoms with Crippen molar-refractivity contribution in [3.05, 3.63) is 94.1 Å². The second-order valence-electron chi connectivity index (χ2n) is 8.45. The number of imide groups is 2. The van der Waals surface area contributed by atoms with Gasteiger partial charge in [0, 0.05) is 6.42 Å². The fraction of sp³-hybridized carbons (Fsp3) is 0.179. The number of barbiturate groups is 1. The number of rotatable bonds is 6. The van der Waals surface area contributed by atoms with E-state index in [9.17, 15) is 19.5 Å². The summed E-state index contributed by atoms with van der Waals surface area (Å²) in [6.45, 7) is 6.48. The first-order valence-electron chi connectivity index (χ1n) is 11.3. The molecule has 0 spiro atoms. The lowest BCUT2D eigenvalue weighted by atomic mass is 9.98. The summed E-state index contributed by atoms with van der Waals surface area (Å²) < 4.78 is 5.87. The molecule has 0 atom stereocenters. The van der Waals surface area contributed by atoms with Crippen molar-refractivity contribution >= 4 is 29.6 Å². The van der Waals surface area contributed by atoms with Gasteiger partial charge in [0.1, 0.15) is 17.1 Å². The zero-order valence-corrected chi connectivity index (χ0v) is 19.8. The number of nitrogens with zero attached hydrogens (tertiary/aromatic N) is 1. The van der Waals surface area contributed by atoms with Gasteiger partial charge in [0.15, 0.2) is 0 Å². The highest BCUT2D eigenvalue weighted by Gasteiger charge is 2.36. The number of benzene rings is 3. The molecule has 0 unspecified atom stereocenters. The maximum Gasteiger partial charge on any atom is 0.335 e. The summed E-state index contributed by atoms with van der Waals surface area (Å²) >= 11 is 0. The van der Waals surface area contributed by atoms with Gasteiger partial charge in [-0.3, -0.25) is 14.9 Å². The SMILES string of the molecule is CCOc1cc(/C=C2\C(=O)NC(=O)N(c3ccc(O)cc3)C2=O)ccc1Cc1cc(C)cc(C)c1. The van der Waals surface area contributed by atoms with E-state index in [2.05, 4.69) is 37.4 Å². The Bertz CT molecular complexity index is 1320. The Kier molecular flexibility index (Phi) is 6.68. The highest BCUT2D eigenvalue weighted by molar-refractivity contribution is 6.39. The third kappa shape index (κ3) is 5.24. The van der Waals surface area contributed by atoms with Crippen molar-refractivity contribution in [3.63, 3.8) is 0 Å². The summed E-state index contributed by atoms with van der Waals surface area (Å²) in [5, 5.41) is 11.7. The third-order valence-electron chi connectivity index (χ3n) is 5.59. The van der Waals surface area contributed by atoms with Crippen molar-refractivity contribution < 1.29 is 24.2 Å². The number of nitrogens with one attached hydrogen (secondary N) is 1. The first-order chi connectivity index (χ1) is 16.7. The van der Waals surface area contributed by atoms with E-state index in [1.54, 1.807) is 6.07 Å². The number of ether oxygens (including phenoxy) is 1. The van der Waals surface area contributed by atoms with E-state index in [0.717, 1.165) is 10.5 Å². The van der Waals surface area contributed by atoms with Crippen LogP contribution in [0, 0.1) is 13.8 Å². The molecule has 0 saturated carbocycles. The molecule has 1 saturated heterocycles. The van der Waals surface area contributed by atoms with Crippen molar-refractivity contribution in [2.45, 2.75) is 27.2 Å². The summed E-state index contributed by atoms with van der Waals surface area (Å²) in [6, 6.07) is 16.6. The van der Waals surface area contributed by atoms with Crippen molar-refractivity contribution in [2.24, 2.45) is 0 Å². The van der Waals surface area contributed by atoms with E-state index < -0.39 is 17.8 Å². The number of hydrogen-bond donors (Lipinski definition) is 2. The molecule has 1 heterocycles. The number of phenols is 1. The number of carbonyl (C=O) groups excluding carboxylic acids is 3. The Labute approximate surface area is 203 Å². The van der Waals surface area contributed by atoms with Gasteiger partial charge < -0.3 is 9.84 Å². The standard InChI is InChI=1S/C28H26N2O5/c1-4-35-25-16-19(5-6-21(25)14-20-12-17(2)11-18(3)13-20)15-24-26(32)29-28(34)30(27(24)33)22-7-9-23(31)10-8-22/h5-13,15-16,31H,4,14H2,1-3H3,(H,29,32,34)/b24-15+. The zero-order valence-electron chi connectivity index (χ0n) is 19.8. The molecule has 1 fully saturated rings. The summed E-state index contributed by atoms with van der Waals surface area (Å²) in [5.74, 6) is -0.861. The lowest BCUT2D eigenvalue weighted by molar-refractivity contribution is -0.122. The summed E-state index contributed by atoms with van der Waals surface area (Å²) in [7, 11) is 0. The predicted molar refractivity (Wildman–Crippen MR) is 133 cm³/mol. The maximum atomic E-state index is 13.1. The summed E-state index contributed by atoms with van der Waals surface area (Å²) in [6.07, 6.45) is 2.12. The number of amides is 4. The van der Waals surface area contributed by atoms with Crippen LogP contribution >= 0.6 is 0 Å². The van der Waals surface area contributed by atoms with Crippen LogP contribution in [0.5, 0.6) is 11.5 Å². The van der Waals surface area contributed by atoms with Crippen molar-refractivity contribution in [2.75, 3.05) is 11.5 Å². The van der Waals surface area contributed by atoms with Gasteiger partial charge in [0.2, 0.25) is 0 Å². The van der Waals surface area contributed by atoms with E-state index in [0.29, 0.717) is 24.3 Å². The quantitative estimate of drug-likeness (QED) is 0.403. The highest BCUT2D eigenvalue weighted by Crippen LogP contribution is 2.28. The molecule has 4 rings (SSSR count). The average molecular weight is 471 g/mol. The number of anilines is 1. The first-order valence-corrected chi connectivity index (χ1v) is 11.3. The Hall–Kier alpha value is -4.39. The number of phenolic OH excluding ortho intramolecular Hbond substituents is 1.